The number of nitrogens with two attached hydrogens (primary N) is 2. The first kappa shape index (κ1) is 15.2. The zero-order chi connectivity index (χ0) is 14.3. The van der Waals surface area contributed by atoms with Gasteiger partial charge in [-0.3, -0.25) is 14.4 Å². The Balaban J connectivity index is 2.36. The molecular weight excluding hydrogens is 248 g/mol. The van der Waals surface area contributed by atoms with Gasteiger partial charge in [-0.1, -0.05) is 6.08 Å². The summed E-state index contributed by atoms with van der Waals surface area (Å²) in [6.45, 7) is 2.70. The maximum atomic E-state index is 11.4. The molecule has 106 valence electrons. The van der Waals surface area contributed by atoms with E-state index in [4.69, 9.17) is 11.5 Å². The van der Waals surface area contributed by atoms with Crippen molar-refractivity contribution in [2.45, 2.75) is 12.8 Å². The molecule has 1 aliphatic rings. The largest absolute Gasteiger partial charge is 0.370 e. The second-order valence-corrected chi connectivity index (χ2v) is 4.46. The molecule has 7 nitrogen and oxygen atoms in total. The van der Waals surface area contributed by atoms with Crippen molar-refractivity contribution in [1.82, 2.24) is 9.80 Å². The van der Waals surface area contributed by atoms with Gasteiger partial charge < -0.3 is 21.3 Å². The Bertz CT molecular complexity index is 363. The van der Waals surface area contributed by atoms with Gasteiger partial charge in [-0.15, -0.1) is 0 Å². The lowest BCUT2D eigenvalue weighted by Gasteiger charge is -2.24. The minimum atomic E-state index is -0.386. The topological polar surface area (TPSA) is 110 Å². The van der Waals surface area contributed by atoms with Crippen molar-refractivity contribution in [2.24, 2.45) is 11.5 Å². The van der Waals surface area contributed by atoms with E-state index in [9.17, 15) is 14.4 Å². The quantitative estimate of drug-likeness (QED) is 0.527. The zero-order valence-electron chi connectivity index (χ0n) is 10.9. The van der Waals surface area contributed by atoms with Gasteiger partial charge in [0.2, 0.25) is 17.7 Å². The van der Waals surface area contributed by atoms with Crippen LogP contribution in [0.2, 0.25) is 0 Å². The summed E-state index contributed by atoms with van der Waals surface area (Å²) >= 11 is 0. The number of hydrogen-bond donors (Lipinski definition) is 2. The molecule has 0 aromatic carbocycles. The predicted molar refractivity (Wildman–Crippen MR) is 69.8 cm³/mol. The summed E-state index contributed by atoms with van der Waals surface area (Å²) in [6.07, 6.45) is 3.80. The molecule has 3 amide bonds. The number of carbonyl (C=O) groups is 3. The number of primary amides is 2. The van der Waals surface area contributed by atoms with Crippen LogP contribution in [0.15, 0.2) is 12.2 Å². The van der Waals surface area contributed by atoms with Crippen LogP contribution in [0.25, 0.3) is 0 Å². The summed E-state index contributed by atoms with van der Waals surface area (Å²) in [6, 6.07) is 0. The van der Waals surface area contributed by atoms with Gasteiger partial charge in [0.15, 0.2) is 0 Å². The highest BCUT2D eigenvalue weighted by Gasteiger charge is 2.16. The van der Waals surface area contributed by atoms with E-state index in [-0.39, 0.29) is 30.6 Å². The van der Waals surface area contributed by atoms with Gasteiger partial charge in [0, 0.05) is 51.6 Å². The third-order valence-electron chi connectivity index (χ3n) is 2.93. The molecule has 4 N–H and O–H groups in total. The Kier molecular flexibility index (Phi) is 6.01. The highest BCUT2D eigenvalue weighted by molar-refractivity contribution is 5.89. The maximum absolute atomic E-state index is 11.4. The van der Waals surface area contributed by atoms with E-state index in [2.05, 4.69) is 0 Å². The normalized spacial score (nSPS) is 14.4. The summed E-state index contributed by atoms with van der Waals surface area (Å²) in [5.74, 6) is -0.782. The monoisotopic (exact) mass is 268 g/mol. The van der Waals surface area contributed by atoms with E-state index >= 15 is 0 Å². The fourth-order valence-corrected chi connectivity index (χ4v) is 1.81. The smallest absolute Gasteiger partial charge is 0.246 e. The third-order valence-corrected chi connectivity index (χ3v) is 2.93. The Morgan fingerprint density at radius 2 is 1.74 bits per heavy atom. The van der Waals surface area contributed by atoms with Crippen molar-refractivity contribution in [1.29, 1.82) is 0 Å². The molecule has 7 heteroatoms. The molecule has 0 spiro atoms. The second kappa shape index (κ2) is 7.52. The van der Waals surface area contributed by atoms with Crippen LogP contribution in [0.1, 0.15) is 12.8 Å². The first-order valence-corrected chi connectivity index (χ1v) is 6.23. The van der Waals surface area contributed by atoms with E-state index in [1.54, 1.807) is 11.0 Å². The summed E-state index contributed by atoms with van der Waals surface area (Å²) in [5.41, 5.74) is 10.2. The average Bonchev–Trinajstić information content (AvgIpc) is 2.73. The van der Waals surface area contributed by atoms with Crippen LogP contribution < -0.4 is 11.5 Å². The minimum Gasteiger partial charge on any atom is -0.370 e. The fraction of sp³-hybridized carbons (Fsp3) is 0.583. The van der Waals surface area contributed by atoms with Crippen LogP contribution in [0, 0.1) is 0 Å². The highest BCUT2D eigenvalue weighted by Crippen LogP contribution is 2.02. The molecule has 0 aromatic rings. The Labute approximate surface area is 112 Å². The van der Waals surface area contributed by atoms with E-state index in [1.807, 2.05) is 4.90 Å². The van der Waals surface area contributed by atoms with Gasteiger partial charge >= 0.3 is 0 Å². The van der Waals surface area contributed by atoms with Crippen LogP contribution in [0.3, 0.4) is 0 Å². The van der Waals surface area contributed by atoms with Crippen molar-refractivity contribution in [3.05, 3.63) is 12.2 Å². The minimum absolute atomic E-state index is 0.00949. The van der Waals surface area contributed by atoms with Crippen molar-refractivity contribution in [3.8, 4) is 0 Å². The van der Waals surface area contributed by atoms with E-state index in [1.165, 1.54) is 6.08 Å². The molecule has 1 aliphatic heterocycles. The Morgan fingerprint density at radius 1 is 1.16 bits per heavy atom. The number of hydrogen-bond acceptors (Lipinski definition) is 4. The zero-order valence-corrected chi connectivity index (χ0v) is 10.9. The molecule has 0 fully saturated rings. The highest BCUT2D eigenvalue weighted by atomic mass is 16.2. The predicted octanol–water partition coefficient (Wildman–Crippen LogP) is -1.56. The summed E-state index contributed by atoms with van der Waals surface area (Å²) in [5, 5.41) is 0. The van der Waals surface area contributed by atoms with E-state index < -0.39 is 0 Å². The maximum Gasteiger partial charge on any atom is 0.246 e. The van der Waals surface area contributed by atoms with Gasteiger partial charge in [-0.25, -0.2) is 0 Å². The van der Waals surface area contributed by atoms with E-state index in [0.29, 0.717) is 32.7 Å². The lowest BCUT2D eigenvalue weighted by molar-refractivity contribution is -0.125. The number of carbonyl (C=O) groups excluding carboxylic acids is 3. The van der Waals surface area contributed by atoms with Gasteiger partial charge in [0.25, 0.3) is 0 Å². The van der Waals surface area contributed by atoms with Crippen LogP contribution in [-0.2, 0) is 14.4 Å². The van der Waals surface area contributed by atoms with Gasteiger partial charge in [-0.2, -0.15) is 0 Å². The van der Waals surface area contributed by atoms with Crippen molar-refractivity contribution in [3.63, 3.8) is 0 Å². The molecule has 0 saturated heterocycles. The van der Waals surface area contributed by atoms with Gasteiger partial charge in [0.05, 0.1) is 0 Å². The molecule has 0 bridgehead atoms. The molecule has 1 heterocycles. The molecule has 19 heavy (non-hydrogen) atoms. The number of rotatable bonds is 9. The lowest BCUT2D eigenvalue weighted by Crippen LogP contribution is -2.38. The van der Waals surface area contributed by atoms with Crippen molar-refractivity contribution < 1.29 is 14.4 Å². The molecule has 0 atom stereocenters. The van der Waals surface area contributed by atoms with Crippen LogP contribution >= 0.6 is 0 Å². The number of nitrogens with zero attached hydrogens (tertiary/aromatic N) is 2. The van der Waals surface area contributed by atoms with Crippen LogP contribution in [0.5, 0.6) is 0 Å². The molecule has 1 rings (SSSR count). The SMILES string of the molecule is NC(=O)CCN(CCC(N)=O)CCN1CC=CC1=O. The molecule has 0 aliphatic carbocycles. The average molecular weight is 268 g/mol. The van der Waals surface area contributed by atoms with Gasteiger partial charge in [0.1, 0.15) is 0 Å². The second-order valence-electron chi connectivity index (χ2n) is 4.46. The van der Waals surface area contributed by atoms with Crippen LogP contribution in [-0.4, -0.2) is 60.2 Å². The van der Waals surface area contributed by atoms with E-state index in [0.717, 1.165) is 0 Å². The van der Waals surface area contributed by atoms with Crippen LogP contribution in [0.4, 0.5) is 0 Å². The van der Waals surface area contributed by atoms with Gasteiger partial charge in [-0.05, 0) is 0 Å². The molecular formula is C12H20N4O3. The summed E-state index contributed by atoms with van der Waals surface area (Å²) in [7, 11) is 0. The molecule has 0 unspecified atom stereocenters. The number of amides is 3. The third kappa shape index (κ3) is 6.01. The van der Waals surface area contributed by atoms with Crippen molar-refractivity contribution >= 4 is 17.7 Å². The molecule has 0 saturated carbocycles. The summed E-state index contributed by atoms with van der Waals surface area (Å²) < 4.78 is 0. The molecule has 0 radical (unpaired) electrons. The molecule has 0 aromatic heterocycles. The lowest BCUT2D eigenvalue weighted by atomic mass is 10.3. The first-order chi connectivity index (χ1) is 8.99. The standard InChI is InChI=1S/C12H20N4O3/c13-10(17)3-6-15(7-4-11(14)18)8-9-16-5-1-2-12(16)19/h1-2H,3-9H2,(H2,13,17)(H2,14,18). The first-order valence-electron chi connectivity index (χ1n) is 6.23. The Hall–Kier alpha value is -1.89. The fourth-order valence-electron chi connectivity index (χ4n) is 1.81. The Morgan fingerprint density at radius 3 is 2.16 bits per heavy atom. The summed E-state index contributed by atoms with van der Waals surface area (Å²) in [4.78, 5) is 36.6. The van der Waals surface area contributed by atoms with Crippen molar-refractivity contribution in [2.75, 3.05) is 32.7 Å².